The van der Waals surface area contributed by atoms with Gasteiger partial charge in [-0.25, -0.2) is 4.98 Å². The molecule has 1 saturated heterocycles. The highest BCUT2D eigenvalue weighted by Crippen LogP contribution is 2.30. The van der Waals surface area contributed by atoms with Crippen LogP contribution in [0, 0.1) is 12.3 Å². The van der Waals surface area contributed by atoms with E-state index >= 15 is 0 Å². The van der Waals surface area contributed by atoms with E-state index in [1.165, 1.54) is 11.8 Å². The summed E-state index contributed by atoms with van der Waals surface area (Å²) in [6.45, 7) is 10.8. The highest BCUT2D eigenvalue weighted by molar-refractivity contribution is 7.13. The number of esters is 1. The fraction of sp³-hybridized carbons (Fsp3) is 0.552. The average Bonchev–Trinajstić information content (AvgIpc) is 3.49. The quantitative estimate of drug-likeness (QED) is 0.372. The van der Waals surface area contributed by atoms with E-state index in [1.54, 1.807) is 23.8 Å². The lowest BCUT2D eigenvalue weighted by Crippen LogP contribution is -2.57. The van der Waals surface area contributed by atoms with Crippen molar-refractivity contribution in [3.63, 3.8) is 0 Å². The predicted octanol–water partition coefficient (Wildman–Crippen LogP) is 3.13. The second kappa shape index (κ2) is 13.4. The van der Waals surface area contributed by atoms with Crippen LogP contribution in [0.1, 0.15) is 71.2 Å². The van der Waals surface area contributed by atoms with E-state index in [2.05, 4.69) is 15.6 Å². The van der Waals surface area contributed by atoms with Gasteiger partial charge in [0, 0.05) is 26.3 Å². The van der Waals surface area contributed by atoms with Gasteiger partial charge in [-0.15, -0.1) is 11.3 Å². The van der Waals surface area contributed by atoms with Crippen LogP contribution in [0.3, 0.4) is 0 Å². The molecular weight excluding hydrogens is 532 g/mol. The Hall–Kier alpha value is -3.31. The van der Waals surface area contributed by atoms with Crippen LogP contribution >= 0.6 is 11.3 Å². The molecule has 3 rings (SSSR count). The maximum atomic E-state index is 13.6. The van der Waals surface area contributed by atoms with Gasteiger partial charge < -0.3 is 25.4 Å². The van der Waals surface area contributed by atoms with Gasteiger partial charge in [0.1, 0.15) is 12.1 Å². The molecule has 218 valence electrons. The minimum atomic E-state index is -0.926. The third-order valence-corrected chi connectivity index (χ3v) is 7.88. The third kappa shape index (κ3) is 7.88. The molecule has 0 bridgehead atoms. The summed E-state index contributed by atoms with van der Waals surface area (Å²) in [5, 5.41) is 16.2. The summed E-state index contributed by atoms with van der Waals surface area (Å²) in [6.07, 6.45) is -0.414. The van der Waals surface area contributed by atoms with Crippen LogP contribution < -0.4 is 10.6 Å². The van der Waals surface area contributed by atoms with Gasteiger partial charge in [0.05, 0.1) is 34.8 Å². The molecule has 0 radical (unpaired) electrons. The van der Waals surface area contributed by atoms with Crippen LogP contribution in [0.4, 0.5) is 0 Å². The zero-order valence-corrected chi connectivity index (χ0v) is 24.8. The molecule has 1 aromatic heterocycles. The van der Waals surface area contributed by atoms with Crippen LogP contribution in [0.5, 0.6) is 0 Å². The zero-order chi connectivity index (χ0) is 29.6. The number of carbonyl (C=O) groups excluding carboxylic acids is 4. The number of benzene rings is 1. The number of aliphatic hydroxyl groups is 1. The number of carbonyl (C=O) groups is 4. The second-order valence-electron chi connectivity index (χ2n) is 11.2. The van der Waals surface area contributed by atoms with Crippen molar-refractivity contribution < 1.29 is 29.0 Å². The zero-order valence-electron chi connectivity index (χ0n) is 24.0. The van der Waals surface area contributed by atoms with Crippen molar-refractivity contribution >= 4 is 35.0 Å². The van der Waals surface area contributed by atoms with E-state index in [1.807, 2.05) is 52.0 Å². The van der Waals surface area contributed by atoms with E-state index < -0.39 is 41.5 Å². The average molecular weight is 573 g/mol. The van der Waals surface area contributed by atoms with Gasteiger partial charge >= 0.3 is 5.97 Å². The molecule has 0 saturated carbocycles. The molecule has 1 aliphatic rings. The van der Waals surface area contributed by atoms with E-state index in [-0.39, 0.29) is 37.9 Å². The second-order valence-corrected chi connectivity index (χ2v) is 12.0. The van der Waals surface area contributed by atoms with Crippen molar-refractivity contribution in [2.24, 2.45) is 5.41 Å². The molecule has 10 nitrogen and oxygen atoms in total. The van der Waals surface area contributed by atoms with Gasteiger partial charge in [-0.2, -0.15) is 0 Å². The monoisotopic (exact) mass is 572 g/mol. The molecule has 4 atom stereocenters. The first-order valence-corrected chi connectivity index (χ1v) is 14.4. The SMILES string of the molecule is CCOC(=O)CC[C@H](NC(=O)[C@@H]1C[C@@H](O)CN1C(=O)[C@@H](NC(C)=O)C(C)(C)C)c1ccc(-c2scnc2C)cc1. The van der Waals surface area contributed by atoms with Crippen molar-refractivity contribution in [2.75, 3.05) is 13.2 Å². The van der Waals surface area contributed by atoms with Crippen molar-refractivity contribution in [3.05, 3.63) is 41.0 Å². The minimum absolute atomic E-state index is 0.0144. The van der Waals surface area contributed by atoms with Crippen molar-refractivity contribution in [3.8, 4) is 10.4 Å². The molecular formula is C29H40N4O6S. The van der Waals surface area contributed by atoms with Gasteiger partial charge in [-0.05, 0) is 36.8 Å². The van der Waals surface area contributed by atoms with Gasteiger partial charge in [0.15, 0.2) is 0 Å². The van der Waals surface area contributed by atoms with E-state index in [4.69, 9.17) is 4.74 Å². The summed E-state index contributed by atoms with van der Waals surface area (Å²) in [6, 6.07) is 5.40. The Bertz CT molecular complexity index is 1210. The number of nitrogens with zero attached hydrogens (tertiary/aromatic N) is 2. The first-order valence-electron chi connectivity index (χ1n) is 13.5. The third-order valence-electron chi connectivity index (χ3n) is 6.91. The summed E-state index contributed by atoms with van der Waals surface area (Å²) in [5.41, 5.74) is 3.91. The number of aromatic nitrogens is 1. The molecule has 2 heterocycles. The normalized spacial score (nSPS) is 18.6. The predicted molar refractivity (Wildman–Crippen MR) is 152 cm³/mol. The van der Waals surface area contributed by atoms with Gasteiger partial charge in [0.25, 0.3) is 0 Å². The van der Waals surface area contributed by atoms with Crippen LogP contribution in [-0.4, -0.2) is 70.0 Å². The van der Waals surface area contributed by atoms with E-state index in [0.29, 0.717) is 6.42 Å². The summed E-state index contributed by atoms with van der Waals surface area (Å²) in [5.74, 6) is -1.58. The number of nitrogens with one attached hydrogen (secondary N) is 2. The Labute approximate surface area is 239 Å². The van der Waals surface area contributed by atoms with Crippen LogP contribution in [-0.2, 0) is 23.9 Å². The maximum absolute atomic E-state index is 13.6. The molecule has 11 heteroatoms. The van der Waals surface area contributed by atoms with Gasteiger partial charge in [0.2, 0.25) is 17.7 Å². The number of aliphatic hydroxyl groups excluding tert-OH is 1. The lowest BCUT2D eigenvalue weighted by atomic mass is 9.85. The lowest BCUT2D eigenvalue weighted by molar-refractivity contribution is -0.144. The summed E-state index contributed by atoms with van der Waals surface area (Å²) in [4.78, 5) is 57.9. The van der Waals surface area contributed by atoms with Crippen LogP contribution in [0.2, 0.25) is 0 Å². The molecule has 0 unspecified atom stereocenters. The van der Waals surface area contributed by atoms with Crippen LogP contribution in [0.25, 0.3) is 10.4 Å². The number of ether oxygens (including phenoxy) is 1. The van der Waals surface area contributed by atoms with Gasteiger partial charge in [-0.3, -0.25) is 19.2 Å². The molecule has 0 aliphatic carbocycles. The Morgan fingerprint density at radius 3 is 2.40 bits per heavy atom. The molecule has 3 N–H and O–H groups in total. The molecule has 1 fully saturated rings. The number of β-amino-alcohol motifs (C(OH)–C–C–N with tert-alkyl or cyclic N) is 1. The largest absolute Gasteiger partial charge is 0.466 e. The number of thiazole rings is 1. The lowest BCUT2D eigenvalue weighted by Gasteiger charge is -2.35. The Morgan fingerprint density at radius 1 is 1.18 bits per heavy atom. The maximum Gasteiger partial charge on any atom is 0.305 e. The highest BCUT2D eigenvalue weighted by Gasteiger charge is 2.44. The fourth-order valence-electron chi connectivity index (χ4n) is 4.85. The first-order chi connectivity index (χ1) is 18.8. The van der Waals surface area contributed by atoms with Crippen molar-refractivity contribution in [2.45, 2.75) is 85.0 Å². The number of aryl methyl sites for hydroxylation is 1. The molecule has 1 aliphatic heterocycles. The topological polar surface area (TPSA) is 138 Å². The Morgan fingerprint density at radius 2 is 1.85 bits per heavy atom. The summed E-state index contributed by atoms with van der Waals surface area (Å²) < 4.78 is 5.09. The number of hydrogen-bond acceptors (Lipinski definition) is 8. The number of amides is 3. The standard InChI is InChI=1S/C29H40N4O6S/c1-7-39-24(36)13-12-22(19-8-10-20(11-9-19)25-17(2)30-16-40-25)32-27(37)23-14-21(35)15-33(23)28(38)26(29(4,5)6)31-18(3)34/h8-11,16,21-23,26,35H,7,12-15H2,1-6H3,(H,31,34)(H,32,37)/t21-,22+,23+,26-/m1/s1. The van der Waals surface area contributed by atoms with Crippen LogP contribution in [0.15, 0.2) is 29.8 Å². The Kier molecular flexibility index (Phi) is 10.4. The smallest absolute Gasteiger partial charge is 0.305 e. The van der Waals surface area contributed by atoms with Crippen molar-refractivity contribution in [1.29, 1.82) is 0 Å². The van der Waals surface area contributed by atoms with E-state index in [0.717, 1.165) is 21.7 Å². The fourth-order valence-corrected chi connectivity index (χ4v) is 5.67. The molecule has 2 aromatic rings. The molecule has 40 heavy (non-hydrogen) atoms. The van der Waals surface area contributed by atoms with E-state index in [9.17, 15) is 24.3 Å². The molecule has 0 spiro atoms. The highest BCUT2D eigenvalue weighted by atomic mass is 32.1. The first kappa shape index (κ1) is 31.2. The summed E-state index contributed by atoms with van der Waals surface area (Å²) in [7, 11) is 0. The summed E-state index contributed by atoms with van der Waals surface area (Å²) >= 11 is 1.55. The molecule has 3 amide bonds. The minimum Gasteiger partial charge on any atom is -0.466 e. The van der Waals surface area contributed by atoms with Crippen molar-refractivity contribution in [1.82, 2.24) is 20.5 Å². The Balaban J connectivity index is 1.84. The van der Waals surface area contributed by atoms with Gasteiger partial charge in [-0.1, -0.05) is 45.0 Å². The number of likely N-dealkylation sites (tertiary alicyclic amines) is 1. The molecule has 1 aromatic carbocycles. The number of rotatable bonds is 10. The number of hydrogen-bond donors (Lipinski definition) is 3.